The fraction of sp³-hybridized carbons (Fsp3) is 0.259. The first kappa shape index (κ1) is 28.9. The van der Waals surface area contributed by atoms with E-state index in [9.17, 15) is 18.0 Å². The molecule has 7 nitrogen and oxygen atoms in total. The Balaban J connectivity index is 2.04. The number of halogens is 2. The summed E-state index contributed by atoms with van der Waals surface area (Å²) in [5.74, 6) is -0.826. The standard InChI is InChI=1S/C27H29Br2N3O4S/c1-19-14-23(12-13-24(19)29)32(37(3,35)36)18-26(33)31(17-21-10-7-11-22(28)15-21)25(27(34)30-2)16-20-8-5-4-6-9-20/h4-15,25H,16-18H2,1-3H3,(H,30,34). The van der Waals surface area contributed by atoms with E-state index >= 15 is 0 Å². The van der Waals surface area contributed by atoms with Gasteiger partial charge in [0.2, 0.25) is 21.8 Å². The number of rotatable bonds is 10. The maximum Gasteiger partial charge on any atom is 0.244 e. The number of likely N-dealkylation sites (N-methyl/N-ethyl adjacent to an activating group) is 1. The Hall–Kier alpha value is -2.69. The third-order valence-corrected chi connectivity index (χ3v) is 8.39. The summed E-state index contributed by atoms with van der Waals surface area (Å²) in [4.78, 5) is 28.4. The van der Waals surface area contributed by atoms with Crippen molar-refractivity contribution in [3.05, 3.63) is 98.4 Å². The molecule has 0 radical (unpaired) electrons. The number of benzene rings is 3. The Labute approximate surface area is 235 Å². The summed E-state index contributed by atoms with van der Waals surface area (Å²) in [6.07, 6.45) is 1.34. The van der Waals surface area contributed by atoms with Gasteiger partial charge in [-0.2, -0.15) is 0 Å². The molecule has 0 aliphatic rings. The van der Waals surface area contributed by atoms with E-state index in [1.165, 1.54) is 11.9 Å². The van der Waals surface area contributed by atoms with Crippen molar-refractivity contribution in [2.45, 2.75) is 25.9 Å². The van der Waals surface area contributed by atoms with Crippen LogP contribution in [0.25, 0.3) is 0 Å². The van der Waals surface area contributed by atoms with Crippen molar-refractivity contribution in [1.29, 1.82) is 0 Å². The summed E-state index contributed by atoms with van der Waals surface area (Å²) in [6, 6.07) is 21.1. The lowest BCUT2D eigenvalue weighted by Crippen LogP contribution is -2.52. The molecule has 1 N–H and O–H groups in total. The molecule has 0 aromatic heterocycles. The Kier molecular flexibility index (Phi) is 9.92. The zero-order chi connectivity index (χ0) is 27.2. The van der Waals surface area contributed by atoms with E-state index in [1.807, 2.05) is 61.5 Å². The quantitative estimate of drug-likeness (QED) is 0.346. The van der Waals surface area contributed by atoms with Crippen LogP contribution in [0, 0.1) is 6.92 Å². The van der Waals surface area contributed by atoms with Crippen LogP contribution >= 0.6 is 31.9 Å². The maximum absolute atomic E-state index is 13.9. The van der Waals surface area contributed by atoms with Crippen molar-refractivity contribution in [2.24, 2.45) is 0 Å². The number of amides is 2. The Bertz CT molecular complexity index is 1370. The third kappa shape index (κ3) is 7.90. The van der Waals surface area contributed by atoms with Gasteiger partial charge in [-0.05, 0) is 53.9 Å². The van der Waals surface area contributed by atoms with Crippen LogP contribution in [0.4, 0.5) is 5.69 Å². The third-order valence-electron chi connectivity index (χ3n) is 5.87. The Morgan fingerprint density at radius 3 is 2.22 bits per heavy atom. The maximum atomic E-state index is 13.9. The van der Waals surface area contributed by atoms with Gasteiger partial charge in [0.05, 0.1) is 11.9 Å². The highest BCUT2D eigenvalue weighted by molar-refractivity contribution is 9.10. The molecule has 196 valence electrons. The first-order valence-corrected chi connectivity index (χ1v) is 15.0. The first-order chi connectivity index (χ1) is 17.5. The molecule has 2 amide bonds. The summed E-state index contributed by atoms with van der Waals surface area (Å²) in [5.41, 5.74) is 2.89. The average molecular weight is 651 g/mol. The number of hydrogen-bond donors (Lipinski definition) is 1. The second-order valence-corrected chi connectivity index (χ2v) is 12.4. The van der Waals surface area contributed by atoms with Crippen molar-refractivity contribution in [1.82, 2.24) is 10.2 Å². The van der Waals surface area contributed by atoms with E-state index in [4.69, 9.17) is 0 Å². The summed E-state index contributed by atoms with van der Waals surface area (Å²) in [7, 11) is -2.28. The molecule has 3 aromatic rings. The van der Waals surface area contributed by atoms with Gasteiger partial charge in [-0.25, -0.2) is 8.42 Å². The van der Waals surface area contributed by atoms with Crippen molar-refractivity contribution >= 4 is 59.4 Å². The summed E-state index contributed by atoms with van der Waals surface area (Å²) in [6.45, 7) is 1.52. The molecule has 0 spiro atoms. The van der Waals surface area contributed by atoms with Crippen molar-refractivity contribution in [3.8, 4) is 0 Å². The van der Waals surface area contributed by atoms with Crippen LogP contribution in [-0.4, -0.2) is 51.0 Å². The molecule has 0 saturated heterocycles. The van der Waals surface area contributed by atoms with Crippen molar-refractivity contribution in [2.75, 3.05) is 24.2 Å². The molecular weight excluding hydrogens is 622 g/mol. The van der Waals surface area contributed by atoms with E-state index in [1.54, 1.807) is 18.2 Å². The van der Waals surface area contributed by atoms with E-state index in [0.717, 1.165) is 36.2 Å². The van der Waals surface area contributed by atoms with Gasteiger partial charge >= 0.3 is 0 Å². The number of hydrogen-bond acceptors (Lipinski definition) is 4. The lowest BCUT2D eigenvalue weighted by Gasteiger charge is -2.33. The van der Waals surface area contributed by atoms with Crippen LogP contribution in [0.3, 0.4) is 0 Å². The topological polar surface area (TPSA) is 86.8 Å². The van der Waals surface area contributed by atoms with E-state index < -0.39 is 28.5 Å². The molecule has 0 aliphatic carbocycles. The normalized spacial score (nSPS) is 12.0. The molecule has 0 saturated carbocycles. The molecule has 1 unspecified atom stereocenters. The molecule has 3 aromatic carbocycles. The minimum atomic E-state index is -3.80. The lowest BCUT2D eigenvalue weighted by atomic mass is 10.0. The van der Waals surface area contributed by atoms with Crippen molar-refractivity contribution < 1.29 is 18.0 Å². The van der Waals surface area contributed by atoms with Gasteiger partial charge in [0.25, 0.3) is 0 Å². The van der Waals surface area contributed by atoms with Gasteiger partial charge in [-0.1, -0.05) is 74.3 Å². The number of carbonyl (C=O) groups is 2. The van der Waals surface area contributed by atoms with Gasteiger partial charge in [0.1, 0.15) is 12.6 Å². The minimum Gasteiger partial charge on any atom is -0.357 e. The zero-order valence-corrected chi connectivity index (χ0v) is 24.8. The Morgan fingerprint density at radius 2 is 1.62 bits per heavy atom. The van der Waals surface area contributed by atoms with E-state index in [-0.39, 0.29) is 18.9 Å². The van der Waals surface area contributed by atoms with Crippen LogP contribution < -0.4 is 9.62 Å². The van der Waals surface area contributed by atoms with Crippen LogP contribution in [0.5, 0.6) is 0 Å². The summed E-state index contributed by atoms with van der Waals surface area (Å²) in [5, 5.41) is 2.67. The first-order valence-electron chi connectivity index (χ1n) is 11.5. The van der Waals surface area contributed by atoms with Crippen LogP contribution in [0.2, 0.25) is 0 Å². The fourth-order valence-corrected chi connectivity index (χ4v) is 5.49. The molecule has 0 fully saturated rings. The fourth-order valence-electron chi connectivity index (χ4n) is 3.95. The predicted molar refractivity (Wildman–Crippen MR) is 154 cm³/mol. The van der Waals surface area contributed by atoms with Crippen LogP contribution in [0.15, 0.2) is 81.7 Å². The molecule has 0 heterocycles. The Morgan fingerprint density at radius 1 is 0.946 bits per heavy atom. The van der Waals surface area contributed by atoms with Gasteiger partial charge < -0.3 is 10.2 Å². The minimum absolute atomic E-state index is 0.125. The van der Waals surface area contributed by atoms with Gasteiger partial charge in [0.15, 0.2) is 0 Å². The van der Waals surface area contributed by atoms with Gasteiger partial charge in [-0.3, -0.25) is 13.9 Å². The van der Waals surface area contributed by atoms with Gasteiger partial charge in [-0.15, -0.1) is 0 Å². The highest BCUT2D eigenvalue weighted by atomic mass is 79.9. The lowest BCUT2D eigenvalue weighted by molar-refractivity contribution is -0.139. The molecule has 3 rings (SSSR count). The van der Waals surface area contributed by atoms with Gasteiger partial charge in [0, 0.05) is 29.0 Å². The number of aryl methyl sites for hydroxylation is 1. The number of sulfonamides is 1. The summed E-state index contributed by atoms with van der Waals surface area (Å²) < 4.78 is 28.3. The second-order valence-electron chi connectivity index (χ2n) is 8.67. The number of carbonyl (C=O) groups excluding carboxylic acids is 2. The molecule has 0 bridgehead atoms. The predicted octanol–water partition coefficient (Wildman–Crippen LogP) is 4.67. The molecule has 0 aliphatic heterocycles. The number of nitrogens with one attached hydrogen (secondary N) is 1. The molecule has 1 atom stereocenters. The SMILES string of the molecule is CNC(=O)C(Cc1ccccc1)N(Cc1cccc(Br)c1)C(=O)CN(c1ccc(Br)c(C)c1)S(C)(=O)=O. The van der Waals surface area contributed by atoms with Crippen LogP contribution in [0.1, 0.15) is 16.7 Å². The molecular formula is C27H29Br2N3O4S. The highest BCUT2D eigenvalue weighted by Crippen LogP contribution is 2.25. The smallest absolute Gasteiger partial charge is 0.244 e. The van der Waals surface area contributed by atoms with E-state index in [2.05, 4.69) is 37.2 Å². The highest BCUT2D eigenvalue weighted by Gasteiger charge is 2.32. The zero-order valence-electron chi connectivity index (χ0n) is 20.8. The number of nitrogens with zero attached hydrogens (tertiary/aromatic N) is 2. The number of anilines is 1. The average Bonchev–Trinajstić information content (AvgIpc) is 2.86. The molecule has 10 heteroatoms. The van der Waals surface area contributed by atoms with E-state index in [0.29, 0.717) is 5.69 Å². The molecule has 37 heavy (non-hydrogen) atoms. The monoisotopic (exact) mass is 649 g/mol. The largest absolute Gasteiger partial charge is 0.357 e. The second kappa shape index (κ2) is 12.7. The van der Waals surface area contributed by atoms with Crippen molar-refractivity contribution in [3.63, 3.8) is 0 Å². The van der Waals surface area contributed by atoms with Crippen LogP contribution in [-0.2, 0) is 32.6 Å². The summed E-state index contributed by atoms with van der Waals surface area (Å²) >= 11 is 6.89.